The lowest BCUT2D eigenvalue weighted by Crippen LogP contribution is -2.40. The van der Waals surface area contributed by atoms with E-state index < -0.39 is 0 Å². The average Bonchev–Trinajstić information content (AvgIpc) is 2.20. The van der Waals surface area contributed by atoms with Crippen LogP contribution in [0.5, 0.6) is 0 Å². The molecule has 1 aliphatic rings. The van der Waals surface area contributed by atoms with Crippen LogP contribution in [0.25, 0.3) is 0 Å². The topological polar surface area (TPSA) is 55.1 Å². The first-order valence-corrected chi connectivity index (χ1v) is 6.66. The molecule has 1 aliphatic carbocycles. The molecule has 0 aromatic rings. The van der Waals surface area contributed by atoms with E-state index >= 15 is 0 Å². The summed E-state index contributed by atoms with van der Waals surface area (Å²) >= 11 is 0. The van der Waals surface area contributed by atoms with Crippen molar-refractivity contribution in [2.75, 3.05) is 0 Å². The number of hydrogen-bond donors (Lipinski definition) is 2. The van der Waals surface area contributed by atoms with Crippen LogP contribution in [0.3, 0.4) is 0 Å². The molecule has 1 atom stereocenters. The van der Waals surface area contributed by atoms with Gasteiger partial charge in [0.2, 0.25) is 5.91 Å². The summed E-state index contributed by atoms with van der Waals surface area (Å²) in [6.07, 6.45) is 8.34. The SMILES string of the molecule is CCCC1CCC(NC(C)CC(N)=O)CC1. The maximum Gasteiger partial charge on any atom is 0.218 e. The van der Waals surface area contributed by atoms with Gasteiger partial charge in [-0.25, -0.2) is 0 Å². The highest BCUT2D eigenvalue weighted by Gasteiger charge is 2.21. The van der Waals surface area contributed by atoms with Crippen LogP contribution in [0.1, 0.15) is 58.8 Å². The monoisotopic (exact) mass is 226 g/mol. The Morgan fingerprint density at radius 3 is 2.50 bits per heavy atom. The molecule has 0 aromatic carbocycles. The summed E-state index contributed by atoms with van der Waals surface area (Å²) in [4.78, 5) is 10.8. The van der Waals surface area contributed by atoms with Crippen molar-refractivity contribution in [2.45, 2.75) is 70.9 Å². The smallest absolute Gasteiger partial charge is 0.218 e. The van der Waals surface area contributed by atoms with E-state index in [9.17, 15) is 4.79 Å². The zero-order valence-corrected chi connectivity index (χ0v) is 10.7. The van der Waals surface area contributed by atoms with E-state index in [2.05, 4.69) is 12.2 Å². The Labute approximate surface area is 99.2 Å². The third-order valence-corrected chi connectivity index (χ3v) is 3.57. The van der Waals surface area contributed by atoms with Crippen LogP contribution in [0.4, 0.5) is 0 Å². The fraction of sp³-hybridized carbons (Fsp3) is 0.923. The summed E-state index contributed by atoms with van der Waals surface area (Å²) in [5, 5.41) is 3.51. The lowest BCUT2D eigenvalue weighted by molar-refractivity contribution is -0.118. The molecule has 1 amide bonds. The summed E-state index contributed by atoms with van der Waals surface area (Å²) in [5.41, 5.74) is 5.18. The number of primary amides is 1. The molecule has 16 heavy (non-hydrogen) atoms. The van der Waals surface area contributed by atoms with Gasteiger partial charge in [0.15, 0.2) is 0 Å². The fourth-order valence-corrected chi connectivity index (χ4v) is 2.79. The van der Waals surface area contributed by atoms with Crippen molar-refractivity contribution in [3.8, 4) is 0 Å². The van der Waals surface area contributed by atoms with E-state index in [0.717, 1.165) is 5.92 Å². The molecule has 3 heteroatoms. The fourth-order valence-electron chi connectivity index (χ4n) is 2.79. The number of carbonyl (C=O) groups excluding carboxylic acids is 1. The van der Waals surface area contributed by atoms with E-state index in [4.69, 9.17) is 5.73 Å². The highest BCUT2D eigenvalue weighted by Crippen LogP contribution is 2.27. The Hall–Kier alpha value is -0.570. The summed E-state index contributed by atoms with van der Waals surface area (Å²) in [5.74, 6) is 0.731. The minimum atomic E-state index is -0.209. The number of amides is 1. The minimum absolute atomic E-state index is 0.209. The van der Waals surface area contributed by atoms with Crippen molar-refractivity contribution in [3.63, 3.8) is 0 Å². The molecule has 0 saturated heterocycles. The molecule has 1 rings (SSSR count). The van der Waals surface area contributed by atoms with E-state index in [-0.39, 0.29) is 11.9 Å². The quantitative estimate of drug-likeness (QED) is 0.729. The molecule has 0 aliphatic heterocycles. The predicted molar refractivity (Wildman–Crippen MR) is 67.1 cm³/mol. The van der Waals surface area contributed by atoms with Crippen molar-refractivity contribution in [1.82, 2.24) is 5.32 Å². The summed E-state index contributed by atoms with van der Waals surface area (Å²) in [7, 11) is 0. The lowest BCUT2D eigenvalue weighted by Gasteiger charge is -2.31. The van der Waals surface area contributed by atoms with Gasteiger partial charge in [-0.15, -0.1) is 0 Å². The Bertz CT molecular complexity index is 210. The Balaban J connectivity index is 2.18. The first-order chi connectivity index (χ1) is 7.61. The molecule has 1 unspecified atom stereocenters. The number of carbonyl (C=O) groups is 1. The van der Waals surface area contributed by atoms with Crippen LogP contribution in [0.2, 0.25) is 0 Å². The van der Waals surface area contributed by atoms with E-state index in [1.165, 1.54) is 38.5 Å². The van der Waals surface area contributed by atoms with Crippen LogP contribution < -0.4 is 11.1 Å². The van der Waals surface area contributed by atoms with Crippen molar-refractivity contribution in [1.29, 1.82) is 0 Å². The van der Waals surface area contributed by atoms with E-state index in [0.29, 0.717) is 12.5 Å². The molecule has 94 valence electrons. The summed E-state index contributed by atoms with van der Waals surface area (Å²) in [6, 6.07) is 0.827. The largest absolute Gasteiger partial charge is 0.370 e. The number of nitrogens with one attached hydrogen (secondary N) is 1. The molecule has 0 spiro atoms. The maximum atomic E-state index is 10.8. The Kier molecular flexibility index (Phi) is 5.81. The van der Waals surface area contributed by atoms with Crippen LogP contribution in [-0.2, 0) is 4.79 Å². The van der Waals surface area contributed by atoms with Gasteiger partial charge in [-0.05, 0) is 38.5 Å². The normalized spacial score (nSPS) is 27.6. The molecule has 0 radical (unpaired) electrons. The van der Waals surface area contributed by atoms with Crippen LogP contribution in [-0.4, -0.2) is 18.0 Å². The number of rotatable bonds is 6. The highest BCUT2D eigenvalue weighted by molar-refractivity contribution is 5.74. The second-order valence-corrected chi connectivity index (χ2v) is 5.24. The standard InChI is InChI=1S/C13H26N2O/c1-3-4-11-5-7-12(8-6-11)15-10(2)9-13(14)16/h10-12,15H,3-9H2,1-2H3,(H2,14,16). The number of hydrogen-bond acceptors (Lipinski definition) is 2. The molecule has 1 saturated carbocycles. The molecule has 0 aromatic heterocycles. The molecular formula is C13H26N2O. The van der Waals surface area contributed by atoms with Crippen molar-refractivity contribution >= 4 is 5.91 Å². The van der Waals surface area contributed by atoms with Crippen molar-refractivity contribution in [3.05, 3.63) is 0 Å². The molecule has 3 N–H and O–H groups in total. The van der Waals surface area contributed by atoms with Gasteiger partial charge >= 0.3 is 0 Å². The van der Waals surface area contributed by atoms with Crippen molar-refractivity contribution in [2.24, 2.45) is 11.7 Å². The summed E-state index contributed by atoms with van der Waals surface area (Å²) in [6.45, 7) is 4.31. The zero-order valence-electron chi connectivity index (χ0n) is 10.7. The van der Waals surface area contributed by atoms with E-state index in [1.807, 2.05) is 6.92 Å². The molecule has 1 fully saturated rings. The summed E-state index contributed by atoms with van der Waals surface area (Å²) < 4.78 is 0. The van der Waals surface area contributed by atoms with Gasteiger partial charge in [-0.2, -0.15) is 0 Å². The zero-order chi connectivity index (χ0) is 12.0. The minimum Gasteiger partial charge on any atom is -0.370 e. The van der Waals surface area contributed by atoms with E-state index in [1.54, 1.807) is 0 Å². The third-order valence-electron chi connectivity index (χ3n) is 3.57. The molecule has 3 nitrogen and oxygen atoms in total. The van der Waals surface area contributed by atoms with Gasteiger partial charge in [0.25, 0.3) is 0 Å². The van der Waals surface area contributed by atoms with Crippen LogP contribution in [0, 0.1) is 5.92 Å². The first kappa shape index (κ1) is 13.5. The lowest BCUT2D eigenvalue weighted by atomic mass is 9.83. The second-order valence-electron chi connectivity index (χ2n) is 5.24. The second kappa shape index (κ2) is 6.89. The average molecular weight is 226 g/mol. The maximum absolute atomic E-state index is 10.8. The van der Waals surface area contributed by atoms with Gasteiger partial charge in [-0.3, -0.25) is 4.79 Å². The predicted octanol–water partition coefficient (Wildman–Crippen LogP) is 2.20. The van der Waals surface area contributed by atoms with Gasteiger partial charge in [0, 0.05) is 18.5 Å². The first-order valence-electron chi connectivity index (χ1n) is 6.66. The van der Waals surface area contributed by atoms with Crippen LogP contribution in [0.15, 0.2) is 0 Å². The van der Waals surface area contributed by atoms with Gasteiger partial charge < -0.3 is 11.1 Å². The number of nitrogens with two attached hydrogens (primary N) is 1. The molecule has 0 bridgehead atoms. The molecular weight excluding hydrogens is 200 g/mol. The Morgan fingerprint density at radius 1 is 1.38 bits per heavy atom. The highest BCUT2D eigenvalue weighted by atomic mass is 16.1. The van der Waals surface area contributed by atoms with Gasteiger partial charge in [0.1, 0.15) is 0 Å². The van der Waals surface area contributed by atoms with Gasteiger partial charge in [-0.1, -0.05) is 19.8 Å². The van der Waals surface area contributed by atoms with Crippen molar-refractivity contribution < 1.29 is 4.79 Å². The molecule has 0 heterocycles. The van der Waals surface area contributed by atoms with Crippen LogP contribution >= 0.6 is 0 Å². The third kappa shape index (κ3) is 4.97. The Morgan fingerprint density at radius 2 is 2.00 bits per heavy atom. The van der Waals surface area contributed by atoms with Gasteiger partial charge in [0.05, 0.1) is 0 Å².